The summed E-state index contributed by atoms with van der Waals surface area (Å²) < 4.78 is 0. The Labute approximate surface area is 168 Å². The maximum Gasteiger partial charge on any atom is 0.270 e. The number of benzene rings is 2. The Morgan fingerprint density at radius 3 is 2.57 bits per heavy atom. The van der Waals surface area contributed by atoms with E-state index in [0.29, 0.717) is 22.2 Å². The summed E-state index contributed by atoms with van der Waals surface area (Å²) in [6.07, 6.45) is 1.69. The van der Waals surface area contributed by atoms with E-state index in [2.05, 4.69) is 4.99 Å². The van der Waals surface area contributed by atoms with Gasteiger partial charge in [0.1, 0.15) is 0 Å². The third-order valence-corrected chi connectivity index (χ3v) is 5.08. The van der Waals surface area contributed by atoms with Crippen molar-refractivity contribution in [2.45, 2.75) is 20.8 Å². The molecule has 1 heterocycles. The smallest absolute Gasteiger partial charge is 0.270 e. The number of amidine groups is 1. The van der Waals surface area contributed by atoms with Crippen LogP contribution >= 0.6 is 11.8 Å². The molecular weight excluding hydrogens is 374 g/mol. The number of rotatable bonds is 5. The molecule has 0 bridgehead atoms. The Morgan fingerprint density at radius 1 is 1.21 bits per heavy atom. The first-order valence-electron chi connectivity index (χ1n) is 8.94. The highest BCUT2D eigenvalue weighted by molar-refractivity contribution is 8.18. The van der Waals surface area contributed by atoms with E-state index in [1.807, 2.05) is 45.0 Å². The van der Waals surface area contributed by atoms with Gasteiger partial charge in [-0.25, -0.2) is 4.99 Å². The van der Waals surface area contributed by atoms with Gasteiger partial charge in [0.05, 0.1) is 15.5 Å². The maximum atomic E-state index is 12.9. The molecule has 1 aliphatic rings. The summed E-state index contributed by atoms with van der Waals surface area (Å²) in [7, 11) is 0. The van der Waals surface area contributed by atoms with Gasteiger partial charge >= 0.3 is 0 Å². The van der Waals surface area contributed by atoms with Crippen LogP contribution in [0.4, 0.5) is 11.4 Å². The van der Waals surface area contributed by atoms with E-state index in [4.69, 9.17) is 0 Å². The van der Waals surface area contributed by atoms with E-state index in [1.165, 1.54) is 23.9 Å². The highest BCUT2D eigenvalue weighted by atomic mass is 32.2. The van der Waals surface area contributed by atoms with Crippen LogP contribution in [0.25, 0.3) is 6.08 Å². The third kappa shape index (κ3) is 4.67. The molecule has 1 amide bonds. The Kier molecular flexibility index (Phi) is 5.94. The monoisotopic (exact) mass is 395 g/mol. The minimum Gasteiger partial charge on any atom is -0.286 e. The molecular formula is C21H21N3O3S. The predicted octanol–water partition coefficient (Wildman–Crippen LogP) is 5.16. The zero-order valence-corrected chi connectivity index (χ0v) is 16.8. The lowest BCUT2D eigenvalue weighted by Gasteiger charge is -2.17. The fourth-order valence-electron chi connectivity index (χ4n) is 2.73. The van der Waals surface area contributed by atoms with Gasteiger partial charge in [0, 0.05) is 18.7 Å². The normalized spacial score (nSPS) is 17.1. The molecule has 0 saturated carbocycles. The van der Waals surface area contributed by atoms with Crippen LogP contribution in [0.1, 0.15) is 25.0 Å². The topological polar surface area (TPSA) is 75.8 Å². The lowest BCUT2D eigenvalue weighted by molar-refractivity contribution is -0.384. The van der Waals surface area contributed by atoms with Crippen molar-refractivity contribution < 1.29 is 9.72 Å². The van der Waals surface area contributed by atoms with Crippen molar-refractivity contribution in [2.24, 2.45) is 10.9 Å². The minimum atomic E-state index is -0.443. The van der Waals surface area contributed by atoms with E-state index >= 15 is 0 Å². The molecule has 1 aliphatic heterocycles. The molecule has 3 rings (SSSR count). The van der Waals surface area contributed by atoms with Crippen molar-refractivity contribution in [3.05, 3.63) is 74.7 Å². The third-order valence-electron chi connectivity index (χ3n) is 4.07. The van der Waals surface area contributed by atoms with Crippen molar-refractivity contribution in [3.63, 3.8) is 0 Å². The standard InChI is InChI=1S/C21H21N3O3S/c1-14(2)13-23-20(25)19(12-16-5-4-6-18(11-16)24(26)27)28-21(23)22-17-9-7-15(3)8-10-17/h4-12,14H,13H2,1-3H3/b19-12+,22-21?. The summed E-state index contributed by atoms with van der Waals surface area (Å²) in [6.45, 7) is 6.66. The second kappa shape index (κ2) is 8.39. The second-order valence-electron chi connectivity index (χ2n) is 7.00. The zero-order valence-electron chi connectivity index (χ0n) is 16.0. The highest BCUT2D eigenvalue weighted by Crippen LogP contribution is 2.35. The number of non-ortho nitro benzene ring substituents is 1. The number of aryl methyl sites for hydroxylation is 1. The average molecular weight is 395 g/mol. The number of aliphatic imine (C=N–C) groups is 1. The Bertz CT molecular complexity index is 965. The summed E-state index contributed by atoms with van der Waals surface area (Å²) in [5.74, 6) is 0.154. The van der Waals surface area contributed by atoms with Crippen LogP contribution in [-0.4, -0.2) is 27.4 Å². The number of nitrogens with zero attached hydrogens (tertiary/aromatic N) is 3. The number of amides is 1. The molecule has 0 aliphatic carbocycles. The molecule has 0 unspecified atom stereocenters. The van der Waals surface area contributed by atoms with Crippen molar-refractivity contribution in [3.8, 4) is 0 Å². The molecule has 2 aromatic rings. The molecule has 144 valence electrons. The van der Waals surface area contributed by atoms with Crippen LogP contribution in [0.15, 0.2) is 58.4 Å². The van der Waals surface area contributed by atoms with Gasteiger partial charge in [-0.05, 0) is 48.4 Å². The fourth-order valence-corrected chi connectivity index (χ4v) is 3.73. The predicted molar refractivity (Wildman–Crippen MR) is 113 cm³/mol. The number of hydrogen-bond donors (Lipinski definition) is 0. The Morgan fingerprint density at radius 2 is 1.93 bits per heavy atom. The van der Waals surface area contributed by atoms with E-state index < -0.39 is 4.92 Å². The van der Waals surface area contributed by atoms with Crippen molar-refractivity contribution in [2.75, 3.05) is 6.54 Å². The lowest BCUT2D eigenvalue weighted by Crippen LogP contribution is -2.32. The summed E-state index contributed by atoms with van der Waals surface area (Å²) in [5, 5.41) is 11.6. The van der Waals surface area contributed by atoms with Crippen LogP contribution in [0.3, 0.4) is 0 Å². The van der Waals surface area contributed by atoms with Gasteiger partial charge in [-0.15, -0.1) is 0 Å². The zero-order chi connectivity index (χ0) is 20.3. The molecule has 0 atom stereocenters. The van der Waals surface area contributed by atoms with Crippen molar-refractivity contribution >= 4 is 40.3 Å². The number of hydrogen-bond acceptors (Lipinski definition) is 5. The van der Waals surface area contributed by atoms with Gasteiger partial charge in [-0.3, -0.25) is 19.8 Å². The van der Waals surface area contributed by atoms with Gasteiger partial charge in [-0.2, -0.15) is 0 Å². The van der Waals surface area contributed by atoms with Gasteiger partial charge < -0.3 is 0 Å². The lowest BCUT2D eigenvalue weighted by atomic mass is 10.1. The van der Waals surface area contributed by atoms with E-state index in [1.54, 1.807) is 23.1 Å². The van der Waals surface area contributed by atoms with Gasteiger partial charge in [0.25, 0.3) is 11.6 Å². The first kappa shape index (κ1) is 19.8. The number of carbonyl (C=O) groups excluding carboxylic acids is 1. The van der Waals surface area contributed by atoms with Gasteiger partial charge in [0.15, 0.2) is 5.17 Å². The molecule has 0 spiro atoms. The van der Waals surface area contributed by atoms with Gasteiger partial charge in [0.2, 0.25) is 0 Å². The molecule has 2 aromatic carbocycles. The van der Waals surface area contributed by atoms with Gasteiger partial charge in [-0.1, -0.05) is 43.7 Å². The average Bonchev–Trinajstić information content (AvgIpc) is 2.92. The molecule has 7 heteroatoms. The number of nitro groups is 1. The van der Waals surface area contributed by atoms with E-state index in [0.717, 1.165) is 11.3 Å². The van der Waals surface area contributed by atoms with Crippen LogP contribution < -0.4 is 0 Å². The minimum absolute atomic E-state index is 0.00243. The largest absolute Gasteiger partial charge is 0.286 e. The summed E-state index contributed by atoms with van der Waals surface area (Å²) in [6, 6.07) is 14.1. The molecule has 6 nitrogen and oxygen atoms in total. The molecule has 0 radical (unpaired) electrons. The maximum absolute atomic E-state index is 12.9. The SMILES string of the molecule is Cc1ccc(N=C2S/C(=C/c3cccc([N+](=O)[O-])c3)C(=O)N2CC(C)C)cc1. The molecule has 1 fully saturated rings. The highest BCUT2D eigenvalue weighted by Gasteiger charge is 2.33. The first-order valence-corrected chi connectivity index (χ1v) is 9.76. The van der Waals surface area contributed by atoms with E-state index in [9.17, 15) is 14.9 Å². The van der Waals surface area contributed by atoms with Crippen molar-refractivity contribution in [1.29, 1.82) is 0 Å². The summed E-state index contributed by atoms with van der Waals surface area (Å²) in [4.78, 5) is 30.3. The number of thioether (sulfide) groups is 1. The summed E-state index contributed by atoms with van der Waals surface area (Å²) >= 11 is 1.29. The van der Waals surface area contributed by atoms with Crippen LogP contribution in [0.5, 0.6) is 0 Å². The second-order valence-corrected chi connectivity index (χ2v) is 8.01. The Balaban J connectivity index is 1.95. The van der Waals surface area contributed by atoms with Crippen LogP contribution in [0, 0.1) is 23.0 Å². The fraction of sp³-hybridized carbons (Fsp3) is 0.238. The van der Waals surface area contributed by atoms with E-state index in [-0.39, 0.29) is 17.5 Å². The van der Waals surface area contributed by atoms with Crippen molar-refractivity contribution in [1.82, 2.24) is 4.90 Å². The first-order chi connectivity index (χ1) is 13.3. The Hall–Kier alpha value is -2.93. The summed E-state index contributed by atoms with van der Waals surface area (Å²) in [5.41, 5.74) is 2.54. The number of nitro benzene ring substituents is 1. The number of carbonyl (C=O) groups is 1. The quantitative estimate of drug-likeness (QED) is 0.398. The molecule has 0 aromatic heterocycles. The molecule has 0 N–H and O–H groups in total. The van der Waals surface area contributed by atoms with Crippen LogP contribution in [0.2, 0.25) is 0 Å². The molecule has 1 saturated heterocycles. The molecule has 28 heavy (non-hydrogen) atoms. The van der Waals surface area contributed by atoms with Crippen LogP contribution in [-0.2, 0) is 4.79 Å².